The fourth-order valence-corrected chi connectivity index (χ4v) is 2.49. The fourth-order valence-electron chi connectivity index (χ4n) is 2.49. The number of fused-ring (bicyclic) bond motifs is 1. The molecule has 1 aromatic carbocycles. The molecule has 26 heavy (non-hydrogen) atoms. The lowest BCUT2D eigenvalue weighted by molar-refractivity contribution is -0.137. The van der Waals surface area contributed by atoms with Crippen molar-refractivity contribution in [2.24, 2.45) is 0 Å². The van der Waals surface area contributed by atoms with Crippen molar-refractivity contribution < 1.29 is 27.5 Å². The normalized spacial score (nSPS) is 14.3. The molecule has 9 heteroatoms. The number of allylic oxidation sites excluding steroid dienone is 2. The summed E-state index contributed by atoms with van der Waals surface area (Å²) >= 11 is 0. The first-order chi connectivity index (χ1) is 12.2. The molecule has 0 aliphatic heterocycles. The number of hydrogen-bond acceptors (Lipinski definition) is 6. The average molecular weight is 363 g/mol. The number of carbonyl (C=O) groups is 2. The summed E-state index contributed by atoms with van der Waals surface area (Å²) in [4.78, 5) is 32.8. The molecule has 2 aromatic rings. The standard InChI is InChI=1S/C17H12F3N3O3/c1-8-3-4-9(17(18,19)20)7-10(8)23-13-14(24)11-12(22-6-5-21-11)15(25)16(13)26-2/h3-7,23H,1-2H3. The Hall–Kier alpha value is -3.23. The van der Waals surface area contributed by atoms with Gasteiger partial charge in [0.2, 0.25) is 5.78 Å². The van der Waals surface area contributed by atoms with Gasteiger partial charge in [-0.1, -0.05) is 6.07 Å². The predicted molar refractivity (Wildman–Crippen MR) is 84.5 cm³/mol. The predicted octanol–water partition coefficient (Wildman–Crippen LogP) is 3.15. The van der Waals surface area contributed by atoms with Crippen LogP contribution < -0.4 is 5.32 Å². The van der Waals surface area contributed by atoms with Crippen LogP contribution in [0.5, 0.6) is 0 Å². The minimum atomic E-state index is -4.55. The molecule has 3 rings (SSSR count). The molecule has 134 valence electrons. The highest BCUT2D eigenvalue weighted by atomic mass is 19.4. The highest BCUT2D eigenvalue weighted by molar-refractivity contribution is 6.25. The lowest BCUT2D eigenvalue weighted by Crippen LogP contribution is -2.29. The van der Waals surface area contributed by atoms with E-state index in [1.807, 2.05) is 0 Å². The van der Waals surface area contributed by atoms with Gasteiger partial charge in [0.1, 0.15) is 17.1 Å². The number of ether oxygens (including phenoxy) is 1. The van der Waals surface area contributed by atoms with E-state index >= 15 is 0 Å². The molecule has 0 amide bonds. The Kier molecular flexibility index (Phi) is 4.23. The lowest BCUT2D eigenvalue weighted by atomic mass is 9.99. The summed E-state index contributed by atoms with van der Waals surface area (Å²) in [6.07, 6.45) is -2.05. The molecule has 0 atom stereocenters. The topological polar surface area (TPSA) is 81.2 Å². The van der Waals surface area contributed by atoms with Gasteiger partial charge in [-0.15, -0.1) is 0 Å². The van der Waals surface area contributed by atoms with E-state index in [2.05, 4.69) is 15.3 Å². The number of anilines is 1. The highest BCUT2D eigenvalue weighted by Gasteiger charge is 2.36. The SMILES string of the molecule is COC1=C(Nc2cc(C(F)(F)F)ccc2C)C(=O)c2nccnc2C1=O. The van der Waals surface area contributed by atoms with E-state index in [1.54, 1.807) is 6.92 Å². The van der Waals surface area contributed by atoms with Gasteiger partial charge in [-0.2, -0.15) is 13.2 Å². The third-order valence-electron chi connectivity index (χ3n) is 3.82. The number of ketones is 2. The number of nitrogens with one attached hydrogen (secondary N) is 1. The van der Waals surface area contributed by atoms with Crippen molar-refractivity contribution in [1.29, 1.82) is 0 Å². The van der Waals surface area contributed by atoms with Gasteiger partial charge in [-0.25, -0.2) is 9.97 Å². The van der Waals surface area contributed by atoms with Crippen LogP contribution in [0.4, 0.5) is 18.9 Å². The summed E-state index contributed by atoms with van der Waals surface area (Å²) in [6.45, 7) is 1.57. The molecule has 0 unspecified atom stereocenters. The monoisotopic (exact) mass is 363 g/mol. The number of halogens is 3. The molecule has 0 saturated heterocycles. The maximum absolute atomic E-state index is 13.0. The molecule has 1 aromatic heterocycles. The van der Waals surface area contributed by atoms with Crippen LogP contribution in [0.15, 0.2) is 42.0 Å². The largest absolute Gasteiger partial charge is 0.491 e. The third-order valence-corrected chi connectivity index (χ3v) is 3.82. The molecule has 0 radical (unpaired) electrons. The number of rotatable bonds is 3. The van der Waals surface area contributed by atoms with Crippen molar-refractivity contribution in [1.82, 2.24) is 9.97 Å². The van der Waals surface area contributed by atoms with Crippen molar-refractivity contribution in [2.45, 2.75) is 13.1 Å². The first-order valence-corrected chi connectivity index (χ1v) is 7.37. The van der Waals surface area contributed by atoms with Gasteiger partial charge >= 0.3 is 6.18 Å². The number of aromatic nitrogens is 2. The molecule has 1 aliphatic carbocycles. The number of Topliss-reactive ketones (excluding diaryl/α,β-unsaturated/α-hetero) is 2. The van der Waals surface area contributed by atoms with Crippen molar-refractivity contribution >= 4 is 17.3 Å². The number of nitrogens with zero attached hydrogens (tertiary/aromatic N) is 2. The Morgan fingerprint density at radius 1 is 1.04 bits per heavy atom. The lowest BCUT2D eigenvalue weighted by Gasteiger charge is -2.20. The van der Waals surface area contributed by atoms with E-state index in [0.717, 1.165) is 12.1 Å². The first kappa shape index (κ1) is 17.6. The van der Waals surface area contributed by atoms with E-state index in [9.17, 15) is 22.8 Å². The molecule has 0 saturated carbocycles. The summed E-state index contributed by atoms with van der Waals surface area (Å²) in [5.74, 6) is -1.71. The van der Waals surface area contributed by atoms with Gasteiger partial charge in [0.15, 0.2) is 5.76 Å². The van der Waals surface area contributed by atoms with Gasteiger partial charge in [-0.05, 0) is 24.6 Å². The number of methoxy groups -OCH3 is 1. The molecule has 1 heterocycles. The first-order valence-electron chi connectivity index (χ1n) is 7.37. The summed E-state index contributed by atoms with van der Waals surface area (Å²) in [6, 6.07) is 3.06. The summed E-state index contributed by atoms with van der Waals surface area (Å²) < 4.78 is 43.9. The molecule has 6 nitrogen and oxygen atoms in total. The van der Waals surface area contributed by atoms with Gasteiger partial charge < -0.3 is 10.1 Å². The zero-order valence-electron chi connectivity index (χ0n) is 13.6. The van der Waals surface area contributed by atoms with Gasteiger partial charge in [0.25, 0.3) is 5.78 Å². The number of benzene rings is 1. The maximum atomic E-state index is 13.0. The maximum Gasteiger partial charge on any atom is 0.416 e. The third kappa shape index (κ3) is 2.92. The van der Waals surface area contributed by atoms with Crippen LogP contribution in [-0.4, -0.2) is 28.6 Å². The minimum absolute atomic E-state index is 0.0258. The Labute approximate surface area is 145 Å². The summed E-state index contributed by atoms with van der Waals surface area (Å²) in [5, 5.41) is 2.60. The molecule has 0 bridgehead atoms. The second-order valence-corrected chi connectivity index (χ2v) is 5.47. The Morgan fingerprint density at radius 3 is 2.23 bits per heavy atom. The van der Waals surface area contributed by atoms with E-state index < -0.39 is 23.3 Å². The number of hydrogen-bond donors (Lipinski definition) is 1. The molecular formula is C17H12F3N3O3. The van der Waals surface area contributed by atoms with Crippen molar-refractivity contribution in [2.75, 3.05) is 12.4 Å². The number of carbonyl (C=O) groups excluding carboxylic acids is 2. The zero-order valence-corrected chi connectivity index (χ0v) is 13.6. The van der Waals surface area contributed by atoms with Crippen molar-refractivity contribution in [3.05, 3.63) is 64.6 Å². The van der Waals surface area contributed by atoms with E-state index in [0.29, 0.717) is 5.56 Å². The van der Waals surface area contributed by atoms with Crippen LogP contribution in [0, 0.1) is 6.92 Å². The number of aryl methyl sites for hydroxylation is 1. The molecule has 1 aliphatic rings. The summed E-state index contributed by atoms with van der Waals surface area (Å²) in [7, 11) is 1.18. The van der Waals surface area contributed by atoms with Crippen LogP contribution in [0.25, 0.3) is 0 Å². The summed E-state index contributed by atoms with van der Waals surface area (Å²) in [5.41, 5.74) is -1.05. The Morgan fingerprint density at radius 2 is 1.65 bits per heavy atom. The highest BCUT2D eigenvalue weighted by Crippen LogP contribution is 2.33. The van der Waals surface area contributed by atoms with Crippen molar-refractivity contribution in [3.63, 3.8) is 0 Å². The molecular weight excluding hydrogens is 351 g/mol. The fraction of sp³-hybridized carbons (Fsp3) is 0.176. The molecule has 0 spiro atoms. The second kappa shape index (κ2) is 6.25. The van der Waals surface area contributed by atoms with Gasteiger partial charge in [-0.3, -0.25) is 9.59 Å². The van der Waals surface area contributed by atoms with Crippen LogP contribution in [0.1, 0.15) is 32.1 Å². The van der Waals surface area contributed by atoms with Crippen LogP contribution in [0.2, 0.25) is 0 Å². The van der Waals surface area contributed by atoms with Crippen LogP contribution in [-0.2, 0) is 10.9 Å². The van der Waals surface area contributed by atoms with Crippen LogP contribution in [0.3, 0.4) is 0 Å². The smallest absolute Gasteiger partial charge is 0.416 e. The molecule has 1 N–H and O–H groups in total. The quantitative estimate of drug-likeness (QED) is 0.902. The van der Waals surface area contributed by atoms with Crippen molar-refractivity contribution in [3.8, 4) is 0 Å². The second-order valence-electron chi connectivity index (χ2n) is 5.47. The number of alkyl halides is 3. The average Bonchev–Trinajstić information content (AvgIpc) is 2.60. The Bertz CT molecular complexity index is 952. The van der Waals surface area contributed by atoms with Gasteiger partial charge in [0, 0.05) is 18.1 Å². The minimum Gasteiger partial charge on any atom is -0.491 e. The van der Waals surface area contributed by atoms with Crippen LogP contribution >= 0.6 is 0 Å². The van der Waals surface area contributed by atoms with E-state index in [-0.39, 0.29) is 28.5 Å². The Balaban J connectivity index is 2.09. The van der Waals surface area contributed by atoms with E-state index in [4.69, 9.17) is 4.74 Å². The van der Waals surface area contributed by atoms with Gasteiger partial charge in [0.05, 0.1) is 12.7 Å². The molecule has 0 fully saturated rings. The van der Waals surface area contributed by atoms with E-state index in [1.165, 1.54) is 25.6 Å². The zero-order chi connectivity index (χ0) is 19.1.